The molecule has 0 N–H and O–H groups in total. The molecule has 0 unspecified atom stereocenters. The van der Waals surface area contributed by atoms with E-state index in [4.69, 9.17) is 19.4 Å². The van der Waals surface area contributed by atoms with Crippen molar-refractivity contribution >= 4 is 43.5 Å². The lowest BCUT2D eigenvalue weighted by molar-refractivity contribution is 0.669. The van der Waals surface area contributed by atoms with Crippen LogP contribution in [0.15, 0.2) is 192 Å². The van der Waals surface area contributed by atoms with Crippen molar-refractivity contribution in [1.29, 1.82) is 0 Å². The van der Waals surface area contributed by atoms with E-state index in [9.17, 15) is 0 Å². The second kappa shape index (κ2) is 12.6. The zero-order valence-corrected chi connectivity index (χ0v) is 29.6. The van der Waals surface area contributed by atoms with E-state index in [0.29, 0.717) is 17.5 Å². The maximum atomic E-state index is 6.75. The van der Waals surface area contributed by atoms with Gasteiger partial charge in [0.1, 0.15) is 11.2 Å². The number of rotatable bonds is 6. The molecule has 0 bridgehead atoms. The molecule has 0 saturated heterocycles. The third-order valence-electron chi connectivity index (χ3n) is 10.6. The van der Waals surface area contributed by atoms with Gasteiger partial charge in [-0.15, -0.1) is 0 Å². The van der Waals surface area contributed by atoms with Gasteiger partial charge in [-0.3, -0.25) is 0 Å². The van der Waals surface area contributed by atoms with Gasteiger partial charge in [0.25, 0.3) is 0 Å². The van der Waals surface area contributed by atoms with Crippen molar-refractivity contribution < 1.29 is 4.42 Å². The van der Waals surface area contributed by atoms with Gasteiger partial charge in [-0.1, -0.05) is 152 Å². The largest absolute Gasteiger partial charge is 0.456 e. The van der Waals surface area contributed by atoms with Crippen molar-refractivity contribution in [2.75, 3.05) is 0 Å². The van der Waals surface area contributed by atoms with Crippen molar-refractivity contribution in [1.82, 2.24) is 15.0 Å². The van der Waals surface area contributed by atoms with Gasteiger partial charge in [-0.05, 0) is 91.3 Å². The Labute approximate surface area is 317 Å². The molecule has 55 heavy (non-hydrogen) atoms. The number of furan rings is 1. The van der Waals surface area contributed by atoms with Gasteiger partial charge >= 0.3 is 0 Å². The van der Waals surface area contributed by atoms with E-state index in [1.165, 1.54) is 37.9 Å². The third-order valence-corrected chi connectivity index (χ3v) is 10.6. The highest BCUT2D eigenvalue weighted by atomic mass is 16.3. The summed E-state index contributed by atoms with van der Waals surface area (Å²) in [6.45, 7) is 0. The first-order valence-electron chi connectivity index (χ1n) is 18.5. The van der Waals surface area contributed by atoms with E-state index in [0.717, 1.165) is 55.7 Å². The van der Waals surface area contributed by atoms with E-state index in [1.54, 1.807) is 0 Å². The molecule has 0 aliphatic heterocycles. The number of hydrogen-bond donors (Lipinski definition) is 0. The summed E-state index contributed by atoms with van der Waals surface area (Å²) in [4.78, 5) is 14.8. The van der Waals surface area contributed by atoms with Crippen LogP contribution in [0.1, 0.15) is 0 Å². The Morgan fingerprint density at radius 1 is 0.255 bits per heavy atom. The van der Waals surface area contributed by atoms with E-state index in [1.807, 2.05) is 60.7 Å². The SMILES string of the molecule is c1ccc(-c2cc3oc4cc(-c5cccc(-c6cccc(-c7nc(-c8ccccc8)nc(-c8ccccc8)n7)c6)c5)cc5c6ccccc6c(c2)c3c45)cc1. The van der Waals surface area contributed by atoms with Gasteiger partial charge in [0.05, 0.1) is 0 Å². The Morgan fingerprint density at radius 3 is 1.13 bits per heavy atom. The van der Waals surface area contributed by atoms with Crippen LogP contribution in [0.2, 0.25) is 0 Å². The zero-order chi connectivity index (χ0) is 36.3. The molecule has 2 heterocycles. The first-order valence-corrected chi connectivity index (χ1v) is 18.5. The second-order valence-corrected chi connectivity index (χ2v) is 14.0. The van der Waals surface area contributed by atoms with Gasteiger partial charge in [-0.2, -0.15) is 0 Å². The average Bonchev–Trinajstić information content (AvgIpc) is 3.65. The fourth-order valence-electron chi connectivity index (χ4n) is 8.02. The van der Waals surface area contributed by atoms with Crippen molar-refractivity contribution in [3.63, 3.8) is 0 Å². The lowest BCUT2D eigenvalue weighted by Gasteiger charge is -2.12. The fraction of sp³-hybridized carbons (Fsp3) is 0. The molecule has 2 aromatic heterocycles. The summed E-state index contributed by atoms with van der Waals surface area (Å²) in [5.74, 6) is 1.92. The Morgan fingerprint density at radius 2 is 0.618 bits per heavy atom. The normalized spacial score (nSPS) is 11.6. The van der Waals surface area contributed by atoms with Crippen molar-refractivity contribution in [2.24, 2.45) is 0 Å². The van der Waals surface area contributed by atoms with Crippen LogP contribution in [-0.4, -0.2) is 15.0 Å². The quantitative estimate of drug-likeness (QED) is 0.162. The van der Waals surface area contributed by atoms with Gasteiger partial charge in [0.2, 0.25) is 0 Å². The van der Waals surface area contributed by atoms with Crippen LogP contribution in [0.4, 0.5) is 0 Å². The van der Waals surface area contributed by atoms with E-state index >= 15 is 0 Å². The van der Waals surface area contributed by atoms with E-state index in [2.05, 4.69) is 127 Å². The summed E-state index contributed by atoms with van der Waals surface area (Å²) in [5.41, 5.74) is 11.4. The second-order valence-electron chi connectivity index (χ2n) is 14.0. The van der Waals surface area contributed by atoms with Crippen LogP contribution < -0.4 is 0 Å². The summed E-state index contributed by atoms with van der Waals surface area (Å²) in [6.07, 6.45) is 0. The highest BCUT2D eigenvalue weighted by Gasteiger charge is 2.20. The summed E-state index contributed by atoms with van der Waals surface area (Å²) in [5, 5.41) is 7.24. The summed E-state index contributed by atoms with van der Waals surface area (Å²) in [6, 6.07) is 65.7. The van der Waals surface area contributed by atoms with Gasteiger partial charge in [-0.25, -0.2) is 15.0 Å². The van der Waals surface area contributed by atoms with Gasteiger partial charge in [0, 0.05) is 27.5 Å². The molecule has 11 aromatic rings. The summed E-state index contributed by atoms with van der Waals surface area (Å²) in [7, 11) is 0. The van der Waals surface area contributed by atoms with Crippen LogP contribution in [-0.2, 0) is 0 Å². The first-order chi connectivity index (χ1) is 27.2. The molecule has 0 aliphatic carbocycles. The van der Waals surface area contributed by atoms with E-state index < -0.39 is 0 Å². The molecule has 0 fully saturated rings. The zero-order valence-electron chi connectivity index (χ0n) is 29.6. The van der Waals surface area contributed by atoms with Crippen LogP contribution in [0, 0.1) is 0 Å². The molecule has 0 saturated carbocycles. The molecule has 4 nitrogen and oxygen atoms in total. The number of hydrogen-bond acceptors (Lipinski definition) is 4. The number of fused-ring (bicyclic) bond motifs is 3. The first kappa shape index (κ1) is 31.1. The molecule has 0 atom stereocenters. The minimum absolute atomic E-state index is 0.633. The lowest BCUT2D eigenvalue weighted by atomic mass is 9.90. The molecule has 0 spiro atoms. The smallest absolute Gasteiger partial charge is 0.164 e. The van der Waals surface area contributed by atoms with Crippen molar-refractivity contribution in [3.8, 4) is 67.5 Å². The van der Waals surface area contributed by atoms with Gasteiger partial charge in [0.15, 0.2) is 17.5 Å². The van der Waals surface area contributed by atoms with Crippen LogP contribution in [0.3, 0.4) is 0 Å². The maximum absolute atomic E-state index is 6.75. The molecule has 9 aromatic carbocycles. The molecule has 0 aliphatic rings. The standard InChI is InChI=1S/C51H31N3O/c1-4-14-32(15-5-1)39-28-43-41-24-10-11-25-42(41)44-29-40(31-46-48(44)47(43)45(30-39)55-46)37-22-12-20-35(26-37)36-21-13-23-38(27-36)51-53-49(33-16-6-2-7-17-33)52-50(54-51)34-18-8-3-9-19-34/h1-31H. The Bertz CT molecular complexity index is 3130. The monoisotopic (exact) mass is 701 g/mol. The van der Waals surface area contributed by atoms with Crippen molar-refractivity contribution in [3.05, 3.63) is 188 Å². The highest BCUT2D eigenvalue weighted by molar-refractivity contribution is 6.34. The average molecular weight is 702 g/mol. The lowest BCUT2D eigenvalue weighted by Crippen LogP contribution is -2.00. The molecule has 0 radical (unpaired) electrons. The minimum Gasteiger partial charge on any atom is -0.456 e. The molecule has 0 amide bonds. The predicted octanol–water partition coefficient (Wildman–Crippen LogP) is 13.5. The molecule has 256 valence electrons. The molecular weight excluding hydrogens is 671 g/mol. The number of benzene rings is 9. The molecule has 11 rings (SSSR count). The molecule has 4 heteroatoms. The molecular formula is C51H31N3O. The maximum Gasteiger partial charge on any atom is 0.164 e. The third kappa shape index (κ3) is 5.34. The Hall–Kier alpha value is -7.43. The highest BCUT2D eigenvalue weighted by Crippen LogP contribution is 2.46. The topological polar surface area (TPSA) is 51.8 Å². The minimum atomic E-state index is 0.633. The van der Waals surface area contributed by atoms with Gasteiger partial charge < -0.3 is 4.42 Å². The Balaban J connectivity index is 1.03. The van der Waals surface area contributed by atoms with Crippen LogP contribution in [0.5, 0.6) is 0 Å². The number of aromatic nitrogens is 3. The van der Waals surface area contributed by atoms with Crippen LogP contribution >= 0.6 is 0 Å². The Kier molecular flexibility index (Phi) is 7.14. The summed E-state index contributed by atoms with van der Waals surface area (Å²) < 4.78 is 6.75. The summed E-state index contributed by atoms with van der Waals surface area (Å²) >= 11 is 0. The number of nitrogens with zero attached hydrogens (tertiary/aromatic N) is 3. The fourth-order valence-corrected chi connectivity index (χ4v) is 8.02. The van der Waals surface area contributed by atoms with Crippen LogP contribution in [0.25, 0.3) is 111 Å². The predicted molar refractivity (Wildman–Crippen MR) is 226 cm³/mol. The van der Waals surface area contributed by atoms with E-state index in [-0.39, 0.29) is 0 Å². The van der Waals surface area contributed by atoms with Crippen molar-refractivity contribution in [2.45, 2.75) is 0 Å².